The van der Waals surface area contributed by atoms with Gasteiger partial charge in [0, 0.05) is 5.56 Å². The standard InChI is InChI=1S/C27H32N2O2/c1-3-5-7-8-10-22-13-17-24(18-14-22)27(30)31-26-20-28-25(19-29-26)23-15-11-21(12-16-23)9-6-4-2/h11-20H,3-10H2,1-2H3. The quantitative estimate of drug-likeness (QED) is 0.254. The van der Waals surface area contributed by atoms with E-state index in [1.807, 2.05) is 24.3 Å². The van der Waals surface area contributed by atoms with E-state index >= 15 is 0 Å². The van der Waals surface area contributed by atoms with Gasteiger partial charge in [-0.3, -0.25) is 0 Å². The zero-order chi connectivity index (χ0) is 21.9. The molecule has 0 amide bonds. The van der Waals surface area contributed by atoms with Crippen LogP contribution in [0.15, 0.2) is 60.9 Å². The summed E-state index contributed by atoms with van der Waals surface area (Å²) in [7, 11) is 0. The minimum atomic E-state index is -0.417. The van der Waals surface area contributed by atoms with Crippen molar-refractivity contribution in [2.45, 2.75) is 65.2 Å². The number of aromatic nitrogens is 2. The van der Waals surface area contributed by atoms with E-state index in [4.69, 9.17) is 4.74 Å². The monoisotopic (exact) mass is 416 g/mol. The first-order valence-corrected chi connectivity index (χ1v) is 11.4. The van der Waals surface area contributed by atoms with Gasteiger partial charge in [0.1, 0.15) is 0 Å². The van der Waals surface area contributed by atoms with Gasteiger partial charge in [-0.15, -0.1) is 0 Å². The van der Waals surface area contributed by atoms with Gasteiger partial charge in [-0.2, -0.15) is 0 Å². The van der Waals surface area contributed by atoms with E-state index < -0.39 is 5.97 Å². The molecule has 0 spiro atoms. The molecule has 0 saturated heterocycles. The number of hydrogen-bond acceptors (Lipinski definition) is 4. The maximum Gasteiger partial charge on any atom is 0.344 e. The van der Waals surface area contributed by atoms with Crippen molar-refractivity contribution in [3.63, 3.8) is 0 Å². The highest BCUT2D eigenvalue weighted by Crippen LogP contribution is 2.19. The maximum absolute atomic E-state index is 12.4. The van der Waals surface area contributed by atoms with Crippen LogP contribution in [-0.4, -0.2) is 15.9 Å². The fraction of sp³-hybridized carbons (Fsp3) is 0.370. The molecule has 0 N–H and O–H groups in total. The molecule has 1 heterocycles. The molecular formula is C27H32N2O2. The summed E-state index contributed by atoms with van der Waals surface area (Å²) in [4.78, 5) is 21.1. The molecule has 2 aromatic carbocycles. The Morgan fingerprint density at radius 3 is 2.00 bits per heavy atom. The second-order valence-electron chi connectivity index (χ2n) is 7.94. The molecule has 0 atom stereocenters. The molecule has 162 valence electrons. The first kappa shape index (κ1) is 22.7. The summed E-state index contributed by atoms with van der Waals surface area (Å²) in [5.74, 6) is -0.211. The van der Waals surface area contributed by atoms with Crippen molar-refractivity contribution in [2.75, 3.05) is 0 Å². The average molecular weight is 417 g/mol. The Labute approximate surface area is 185 Å². The average Bonchev–Trinajstić information content (AvgIpc) is 2.82. The van der Waals surface area contributed by atoms with Crippen LogP contribution >= 0.6 is 0 Å². The van der Waals surface area contributed by atoms with Crippen molar-refractivity contribution in [2.24, 2.45) is 0 Å². The first-order chi connectivity index (χ1) is 15.2. The van der Waals surface area contributed by atoms with Gasteiger partial charge in [-0.1, -0.05) is 75.9 Å². The number of benzene rings is 2. The van der Waals surface area contributed by atoms with Crippen LogP contribution in [0.4, 0.5) is 0 Å². The number of hydrogen-bond donors (Lipinski definition) is 0. The maximum atomic E-state index is 12.4. The second kappa shape index (κ2) is 12.0. The number of aryl methyl sites for hydroxylation is 2. The fourth-order valence-electron chi connectivity index (χ4n) is 3.46. The molecule has 4 nitrogen and oxygen atoms in total. The number of carbonyl (C=O) groups excluding carboxylic acids is 1. The summed E-state index contributed by atoms with van der Waals surface area (Å²) >= 11 is 0. The van der Waals surface area contributed by atoms with Gasteiger partial charge >= 0.3 is 5.97 Å². The molecular weight excluding hydrogens is 384 g/mol. The van der Waals surface area contributed by atoms with Gasteiger partial charge in [0.15, 0.2) is 0 Å². The van der Waals surface area contributed by atoms with E-state index in [1.165, 1.54) is 55.8 Å². The largest absolute Gasteiger partial charge is 0.402 e. The van der Waals surface area contributed by atoms with Crippen LogP contribution < -0.4 is 4.74 Å². The second-order valence-corrected chi connectivity index (χ2v) is 7.94. The van der Waals surface area contributed by atoms with Gasteiger partial charge in [0.05, 0.1) is 23.7 Å². The lowest BCUT2D eigenvalue weighted by atomic mass is 10.0. The van der Waals surface area contributed by atoms with Crippen molar-refractivity contribution >= 4 is 5.97 Å². The Balaban J connectivity index is 1.55. The van der Waals surface area contributed by atoms with Gasteiger partial charge in [0.25, 0.3) is 0 Å². The third kappa shape index (κ3) is 7.02. The lowest BCUT2D eigenvalue weighted by Crippen LogP contribution is -2.09. The van der Waals surface area contributed by atoms with Crippen molar-refractivity contribution in [1.29, 1.82) is 0 Å². The van der Waals surface area contributed by atoms with Crippen LogP contribution in [0.1, 0.15) is 73.9 Å². The lowest BCUT2D eigenvalue weighted by Gasteiger charge is -2.06. The Hall–Kier alpha value is -3.01. The smallest absolute Gasteiger partial charge is 0.344 e. The van der Waals surface area contributed by atoms with Gasteiger partial charge in [-0.25, -0.2) is 14.8 Å². The molecule has 0 aliphatic rings. The molecule has 0 unspecified atom stereocenters. The number of esters is 1. The molecule has 0 bridgehead atoms. The molecule has 3 aromatic rings. The predicted octanol–water partition coefficient (Wildman–Crippen LogP) is 6.83. The fourth-order valence-corrected chi connectivity index (χ4v) is 3.46. The number of unbranched alkanes of at least 4 members (excludes halogenated alkanes) is 4. The Bertz CT molecular complexity index is 932. The van der Waals surface area contributed by atoms with Crippen molar-refractivity contribution in [3.8, 4) is 17.1 Å². The Kier molecular flexibility index (Phi) is 8.77. The summed E-state index contributed by atoms with van der Waals surface area (Å²) < 4.78 is 5.40. The van der Waals surface area contributed by atoms with Gasteiger partial charge in [0.2, 0.25) is 5.88 Å². The number of ether oxygens (including phenoxy) is 1. The highest BCUT2D eigenvalue weighted by Gasteiger charge is 2.10. The first-order valence-electron chi connectivity index (χ1n) is 11.4. The van der Waals surface area contributed by atoms with Crippen molar-refractivity contribution in [1.82, 2.24) is 9.97 Å². The molecule has 31 heavy (non-hydrogen) atoms. The molecule has 4 heteroatoms. The van der Waals surface area contributed by atoms with E-state index in [1.54, 1.807) is 6.20 Å². The van der Waals surface area contributed by atoms with E-state index in [0.29, 0.717) is 5.56 Å². The summed E-state index contributed by atoms with van der Waals surface area (Å²) in [6.07, 6.45) is 12.6. The molecule has 0 aliphatic heterocycles. The summed E-state index contributed by atoms with van der Waals surface area (Å²) in [5.41, 5.74) is 4.86. The molecule has 0 aliphatic carbocycles. The third-order valence-electron chi connectivity index (χ3n) is 5.40. The minimum absolute atomic E-state index is 0.206. The zero-order valence-corrected chi connectivity index (χ0v) is 18.6. The van der Waals surface area contributed by atoms with Crippen LogP contribution in [0.5, 0.6) is 5.88 Å². The van der Waals surface area contributed by atoms with E-state index in [0.717, 1.165) is 24.1 Å². The van der Waals surface area contributed by atoms with E-state index in [9.17, 15) is 4.79 Å². The topological polar surface area (TPSA) is 52.1 Å². The van der Waals surface area contributed by atoms with Crippen molar-refractivity contribution < 1.29 is 9.53 Å². The summed E-state index contributed by atoms with van der Waals surface area (Å²) in [6, 6.07) is 16.0. The summed E-state index contributed by atoms with van der Waals surface area (Å²) in [6.45, 7) is 4.41. The SMILES string of the molecule is CCCCCCc1ccc(C(=O)Oc2cnc(-c3ccc(CCCC)cc3)cn2)cc1. The number of nitrogens with zero attached hydrogens (tertiary/aromatic N) is 2. The normalized spacial score (nSPS) is 10.8. The van der Waals surface area contributed by atoms with Crippen LogP contribution in [-0.2, 0) is 12.8 Å². The highest BCUT2D eigenvalue weighted by molar-refractivity contribution is 5.90. The van der Waals surface area contributed by atoms with Crippen molar-refractivity contribution in [3.05, 3.63) is 77.6 Å². The predicted molar refractivity (Wildman–Crippen MR) is 125 cm³/mol. The molecule has 0 radical (unpaired) electrons. The lowest BCUT2D eigenvalue weighted by molar-refractivity contribution is 0.0727. The number of carbonyl (C=O) groups is 1. The molecule has 0 saturated carbocycles. The van der Waals surface area contributed by atoms with Crippen LogP contribution in [0.2, 0.25) is 0 Å². The van der Waals surface area contributed by atoms with Gasteiger partial charge < -0.3 is 4.74 Å². The third-order valence-corrected chi connectivity index (χ3v) is 5.40. The van der Waals surface area contributed by atoms with E-state index in [-0.39, 0.29) is 5.88 Å². The van der Waals surface area contributed by atoms with Gasteiger partial charge in [-0.05, 0) is 48.9 Å². The molecule has 1 aromatic heterocycles. The summed E-state index contributed by atoms with van der Waals surface area (Å²) in [5, 5.41) is 0. The number of rotatable bonds is 11. The van der Waals surface area contributed by atoms with Crippen LogP contribution in [0.25, 0.3) is 11.3 Å². The molecule has 0 fully saturated rings. The van der Waals surface area contributed by atoms with Crippen LogP contribution in [0, 0.1) is 0 Å². The minimum Gasteiger partial charge on any atom is -0.402 e. The zero-order valence-electron chi connectivity index (χ0n) is 18.6. The Morgan fingerprint density at radius 2 is 1.39 bits per heavy atom. The molecule has 3 rings (SSSR count). The van der Waals surface area contributed by atoms with E-state index in [2.05, 4.69) is 48.1 Å². The van der Waals surface area contributed by atoms with Crippen LogP contribution in [0.3, 0.4) is 0 Å². The highest BCUT2D eigenvalue weighted by atomic mass is 16.5. The Morgan fingerprint density at radius 1 is 0.742 bits per heavy atom.